The highest BCUT2D eigenvalue weighted by Gasteiger charge is 2.20. The number of hydrogen-bond donors (Lipinski definition) is 1. The predicted molar refractivity (Wildman–Crippen MR) is 85.8 cm³/mol. The molecule has 0 spiro atoms. The quantitative estimate of drug-likeness (QED) is 0.758. The summed E-state index contributed by atoms with van der Waals surface area (Å²) in [4.78, 5) is 0. The molecule has 1 atom stereocenters. The third-order valence-electron chi connectivity index (χ3n) is 3.23. The minimum atomic E-state index is -0.769. The Labute approximate surface area is 131 Å². The van der Waals surface area contributed by atoms with E-state index in [1.54, 1.807) is 19.1 Å². The van der Waals surface area contributed by atoms with Gasteiger partial charge in [0.05, 0.1) is 6.04 Å². The van der Waals surface area contributed by atoms with Crippen molar-refractivity contribution in [3.05, 3.63) is 68.3 Å². The fraction of sp³-hybridized carbons (Fsp3) is 0.250. The first-order chi connectivity index (χ1) is 9.54. The average Bonchev–Trinajstić information content (AvgIpc) is 2.44. The van der Waals surface area contributed by atoms with Gasteiger partial charge in [0.1, 0.15) is 0 Å². The van der Waals surface area contributed by atoms with Crippen molar-refractivity contribution in [1.29, 1.82) is 0 Å². The highest BCUT2D eigenvalue weighted by molar-refractivity contribution is 14.1. The molecule has 0 aliphatic carbocycles. The maximum Gasteiger partial charge on any atom is 0.164 e. The van der Waals surface area contributed by atoms with E-state index in [4.69, 9.17) is 0 Å². The molecule has 106 valence electrons. The summed E-state index contributed by atoms with van der Waals surface area (Å²) in [5.41, 5.74) is 1.59. The van der Waals surface area contributed by atoms with Gasteiger partial charge >= 0.3 is 0 Å². The van der Waals surface area contributed by atoms with E-state index in [0.717, 1.165) is 9.13 Å². The Balaban J connectivity index is 2.48. The normalized spacial score (nSPS) is 12.4. The molecule has 0 saturated carbocycles. The molecule has 1 unspecified atom stereocenters. The van der Waals surface area contributed by atoms with Gasteiger partial charge in [0.15, 0.2) is 11.6 Å². The van der Waals surface area contributed by atoms with E-state index in [1.807, 2.05) is 31.2 Å². The van der Waals surface area contributed by atoms with Crippen molar-refractivity contribution in [2.45, 2.75) is 19.9 Å². The summed E-state index contributed by atoms with van der Waals surface area (Å²) in [7, 11) is 0. The fourth-order valence-electron chi connectivity index (χ4n) is 2.15. The third-order valence-corrected chi connectivity index (χ3v) is 3.95. The van der Waals surface area contributed by atoms with Crippen molar-refractivity contribution in [1.82, 2.24) is 5.32 Å². The zero-order valence-electron chi connectivity index (χ0n) is 11.4. The molecule has 0 radical (unpaired) electrons. The molecule has 0 saturated heterocycles. The third kappa shape index (κ3) is 3.17. The Morgan fingerprint density at radius 3 is 2.30 bits per heavy atom. The molecule has 0 heterocycles. The van der Waals surface area contributed by atoms with Gasteiger partial charge in [0.2, 0.25) is 0 Å². The van der Waals surface area contributed by atoms with Crippen molar-refractivity contribution < 1.29 is 8.78 Å². The molecule has 0 amide bonds. The maximum absolute atomic E-state index is 14.2. The number of benzene rings is 2. The molecule has 0 aliphatic rings. The van der Waals surface area contributed by atoms with Crippen molar-refractivity contribution in [2.24, 2.45) is 0 Å². The zero-order chi connectivity index (χ0) is 14.7. The molecule has 1 nitrogen and oxygen atoms in total. The van der Waals surface area contributed by atoms with E-state index in [-0.39, 0.29) is 6.04 Å². The van der Waals surface area contributed by atoms with Crippen LogP contribution in [0.15, 0.2) is 36.4 Å². The lowest BCUT2D eigenvalue weighted by Gasteiger charge is -2.20. The summed E-state index contributed by atoms with van der Waals surface area (Å²) in [6.45, 7) is 4.18. The summed E-state index contributed by atoms with van der Waals surface area (Å²) in [5.74, 6) is -1.54. The first kappa shape index (κ1) is 15.4. The highest BCUT2D eigenvalue weighted by Crippen LogP contribution is 2.27. The second kappa shape index (κ2) is 6.63. The van der Waals surface area contributed by atoms with Gasteiger partial charge in [-0.15, -0.1) is 0 Å². The van der Waals surface area contributed by atoms with Crippen LogP contribution in [0.4, 0.5) is 8.78 Å². The molecule has 0 bridgehead atoms. The van der Waals surface area contributed by atoms with Crippen molar-refractivity contribution in [2.75, 3.05) is 6.54 Å². The van der Waals surface area contributed by atoms with Crippen LogP contribution in [0, 0.1) is 22.1 Å². The van der Waals surface area contributed by atoms with E-state index < -0.39 is 11.6 Å². The van der Waals surface area contributed by atoms with Gasteiger partial charge in [-0.3, -0.25) is 0 Å². The van der Waals surface area contributed by atoms with Gasteiger partial charge < -0.3 is 5.32 Å². The Bertz CT molecular complexity index is 596. The van der Waals surface area contributed by atoms with Gasteiger partial charge in [-0.1, -0.05) is 31.2 Å². The van der Waals surface area contributed by atoms with Gasteiger partial charge in [-0.2, -0.15) is 0 Å². The van der Waals surface area contributed by atoms with Crippen LogP contribution in [-0.4, -0.2) is 6.54 Å². The molecule has 0 fully saturated rings. The maximum atomic E-state index is 14.2. The predicted octanol–water partition coefficient (Wildman–Crippen LogP) is 4.58. The fourth-order valence-corrected chi connectivity index (χ4v) is 2.51. The molecule has 0 aromatic heterocycles. The van der Waals surface area contributed by atoms with Crippen molar-refractivity contribution >= 4 is 22.6 Å². The molecule has 1 N–H and O–H groups in total. The highest BCUT2D eigenvalue weighted by atomic mass is 127. The van der Waals surface area contributed by atoms with Crippen LogP contribution in [0.1, 0.15) is 29.7 Å². The van der Waals surface area contributed by atoms with Gasteiger partial charge in [0, 0.05) is 9.13 Å². The summed E-state index contributed by atoms with van der Waals surface area (Å²) < 4.78 is 29.1. The SMILES string of the molecule is CCNC(c1ccc(I)cc1)c1ccc(C)c(F)c1F. The van der Waals surface area contributed by atoms with Gasteiger partial charge in [-0.05, 0) is 59.3 Å². The summed E-state index contributed by atoms with van der Waals surface area (Å²) in [6, 6.07) is 10.7. The van der Waals surface area contributed by atoms with Crippen LogP contribution in [0.3, 0.4) is 0 Å². The summed E-state index contributed by atoms with van der Waals surface area (Å²) in [6.07, 6.45) is 0. The first-order valence-corrected chi connectivity index (χ1v) is 7.55. The first-order valence-electron chi connectivity index (χ1n) is 6.48. The zero-order valence-corrected chi connectivity index (χ0v) is 13.5. The second-order valence-corrected chi connectivity index (χ2v) is 5.89. The monoisotopic (exact) mass is 387 g/mol. The number of halogens is 3. The molecule has 2 aromatic carbocycles. The minimum absolute atomic E-state index is 0.323. The average molecular weight is 387 g/mol. The van der Waals surface area contributed by atoms with Crippen LogP contribution in [-0.2, 0) is 0 Å². The van der Waals surface area contributed by atoms with Gasteiger partial charge in [-0.25, -0.2) is 8.78 Å². The molecule has 2 aromatic rings. The van der Waals surface area contributed by atoms with Crippen LogP contribution in [0.5, 0.6) is 0 Å². The Kier molecular flexibility index (Phi) is 5.10. The lowest BCUT2D eigenvalue weighted by molar-refractivity contribution is 0.478. The number of hydrogen-bond acceptors (Lipinski definition) is 1. The van der Waals surface area contributed by atoms with Crippen LogP contribution < -0.4 is 5.32 Å². The Morgan fingerprint density at radius 1 is 1.05 bits per heavy atom. The molecular weight excluding hydrogens is 371 g/mol. The van der Waals surface area contributed by atoms with Gasteiger partial charge in [0.25, 0.3) is 0 Å². The smallest absolute Gasteiger partial charge is 0.164 e. The van der Waals surface area contributed by atoms with Crippen LogP contribution in [0.25, 0.3) is 0 Å². The van der Waals surface area contributed by atoms with E-state index in [9.17, 15) is 8.78 Å². The van der Waals surface area contributed by atoms with E-state index in [0.29, 0.717) is 17.7 Å². The number of rotatable bonds is 4. The Morgan fingerprint density at radius 2 is 1.70 bits per heavy atom. The topological polar surface area (TPSA) is 12.0 Å². The van der Waals surface area contributed by atoms with Crippen LogP contribution in [0.2, 0.25) is 0 Å². The largest absolute Gasteiger partial charge is 0.306 e. The lowest BCUT2D eigenvalue weighted by Crippen LogP contribution is -2.23. The summed E-state index contributed by atoms with van der Waals surface area (Å²) >= 11 is 2.22. The molecule has 0 aliphatic heterocycles. The molecule has 20 heavy (non-hydrogen) atoms. The Hall–Kier alpha value is -1.01. The van der Waals surface area contributed by atoms with Crippen molar-refractivity contribution in [3.63, 3.8) is 0 Å². The number of aryl methyl sites for hydroxylation is 1. The van der Waals surface area contributed by atoms with E-state index in [1.165, 1.54) is 0 Å². The van der Waals surface area contributed by atoms with E-state index in [2.05, 4.69) is 27.9 Å². The summed E-state index contributed by atoms with van der Waals surface area (Å²) in [5, 5.41) is 3.21. The van der Waals surface area contributed by atoms with Crippen LogP contribution >= 0.6 is 22.6 Å². The van der Waals surface area contributed by atoms with Crippen molar-refractivity contribution in [3.8, 4) is 0 Å². The molecular formula is C16H16F2IN. The second-order valence-electron chi connectivity index (χ2n) is 4.64. The molecule has 4 heteroatoms. The molecule has 2 rings (SSSR count). The van der Waals surface area contributed by atoms with E-state index >= 15 is 0 Å². The lowest BCUT2D eigenvalue weighted by atomic mass is 9.97. The number of nitrogens with one attached hydrogen (secondary N) is 1. The standard InChI is InChI=1S/C16H16F2IN/c1-3-20-16(11-5-7-12(19)8-6-11)13-9-4-10(2)14(17)15(13)18/h4-9,16,20H,3H2,1-2H3. The minimum Gasteiger partial charge on any atom is -0.306 e.